The molecule has 1 fully saturated rings. The van der Waals surface area contributed by atoms with Crippen LogP contribution in [0.5, 0.6) is 17.2 Å². The molecule has 0 bridgehead atoms. The number of carbonyl (C=O) groups excluding carboxylic acids is 1. The quantitative estimate of drug-likeness (QED) is 0.438. The highest BCUT2D eigenvalue weighted by Crippen LogP contribution is 2.42. The number of ether oxygens (including phenoxy) is 3. The van der Waals surface area contributed by atoms with E-state index in [4.69, 9.17) is 14.2 Å². The van der Waals surface area contributed by atoms with E-state index in [0.717, 1.165) is 29.4 Å². The molecule has 3 rings (SSSR count). The summed E-state index contributed by atoms with van der Waals surface area (Å²) < 4.78 is 18.7. The molecule has 0 atom stereocenters. The second kappa shape index (κ2) is 11.1. The van der Waals surface area contributed by atoms with Crippen molar-refractivity contribution in [1.29, 1.82) is 0 Å². The van der Waals surface area contributed by atoms with Gasteiger partial charge in [-0.15, -0.1) is 16.8 Å². The standard InChI is InChI=1S/C22H30N4O4S/c1-5-11-23-19(27)14-31-22-25-24-21(26(22)16-9-7-6-8-10-16)15-12-17(28-2)20(30-4)18(13-15)29-3/h5,12-13,16H,1,6-11,14H2,2-4H3,(H,23,27). The van der Waals surface area contributed by atoms with E-state index in [2.05, 4.69) is 26.7 Å². The predicted octanol–water partition coefficient (Wildman–Crippen LogP) is 3.87. The number of amides is 1. The third-order valence-electron chi connectivity index (χ3n) is 5.30. The Hall–Kier alpha value is -2.68. The van der Waals surface area contributed by atoms with Crippen LogP contribution < -0.4 is 19.5 Å². The Kier molecular flexibility index (Phi) is 8.22. The normalized spacial score (nSPS) is 14.2. The summed E-state index contributed by atoms with van der Waals surface area (Å²) in [7, 11) is 4.77. The Bertz CT molecular complexity index is 884. The van der Waals surface area contributed by atoms with E-state index in [9.17, 15) is 4.79 Å². The molecule has 0 unspecified atom stereocenters. The van der Waals surface area contributed by atoms with Crippen LogP contribution >= 0.6 is 11.8 Å². The van der Waals surface area contributed by atoms with Gasteiger partial charge in [-0.2, -0.15) is 0 Å². The van der Waals surface area contributed by atoms with Crippen molar-refractivity contribution in [3.63, 3.8) is 0 Å². The van der Waals surface area contributed by atoms with Crippen molar-refractivity contribution < 1.29 is 19.0 Å². The van der Waals surface area contributed by atoms with Crippen LogP contribution in [0.4, 0.5) is 0 Å². The lowest BCUT2D eigenvalue weighted by atomic mass is 9.95. The zero-order chi connectivity index (χ0) is 22.2. The highest BCUT2D eigenvalue weighted by Gasteiger charge is 2.26. The summed E-state index contributed by atoms with van der Waals surface area (Å²) in [6, 6.07) is 4.06. The van der Waals surface area contributed by atoms with Gasteiger partial charge < -0.3 is 19.5 Å². The molecule has 1 amide bonds. The minimum Gasteiger partial charge on any atom is -0.493 e. The number of rotatable bonds is 10. The van der Waals surface area contributed by atoms with E-state index in [1.165, 1.54) is 31.0 Å². The molecule has 0 spiro atoms. The lowest BCUT2D eigenvalue weighted by Crippen LogP contribution is -2.25. The Morgan fingerprint density at radius 1 is 1.16 bits per heavy atom. The molecule has 1 N–H and O–H groups in total. The summed E-state index contributed by atoms with van der Waals surface area (Å²) in [5.74, 6) is 2.61. The second-order valence-corrected chi connectivity index (χ2v) is 8.21. The van der Waals surface area contributed by atoms with E-state index >= 15 is 0 Å². The van der Waals surface area contributed by atoms with Crippen molar-refractivity contribution in [3.05, 3.63) is 24.8 Å². The molecule has 9 heteroatoms. The first-order chi connectivity index (χ1) is 15.1. The molecule has 0 saturated heterocycles. The predicted molar refractivity (Wildman–Crippen MR) is 121 cm³/mol. The molecule has 1 heterocycles. The summed E-state index contributed by atoms with van der Waals surface area (Å²) in [5.41, 5.74) is 0.829. The van der Waals surface area contributed by atoms with Gasteiger partial charge in [-0.3, -0.25) is 9.36 Å². The molecule has 1 aromatic carbocycles. The topological polar surface area (TPSA) is 87.5 Å². The number of hydrogen-bond donors (Lipinski definition) is 1. The lowest BCUT2D eigenvalue weighted by molar-refractivity contribution is -0.118. The van der Waals surface area contributed by atoms with Crippen molar-refractivity contribution in [2.24, 2.45) is 0 Å². The Labute approximate surface area is 187 Å². The lowest BCUT2D eigenvalue weighted by Gasteiger charge is -2.26. The number of methoxy groups -OCH3 is 3. The van der Waals surface area contributed by atoms with Gasteiger partial charge in [0.25, 0.3) is 0 Å². The van der Waals surface area contributed by atoms with Crippen LogP contribution in [0.15, 0.2) is 29.9 Å². The first-order valence-electron chi connectivity index (χ1n) is 10.4. The average molecular weight is 447 g/mol. The monoisotopic (exact) mass is 446 g/mol. The number of hydrogen-bond acceptors (Lipinski definition) is 7. The summed E-state index contributed by atoms with van der Waals surface area (Å²) in [4.78, 5) is 12.1. The summed E-state index contributed by atoms with van der Waals surface area (Å²) >= 11 is 1.40. The molecule has 8 nitrogen and oxygen atoms in total. The van der Waals surface area contributed by atoms with Crippen molar-refractivity contribution in [2.45, 2.75) is 43.3 Å². The maximum absolute atomic E-state index is 12.1. The van der Waals surface area contributed by atoms with Gasteiger partial charge in [-0.05, 0) is 25.0 Å². The third-order valence-corrected chi connectivity index (χ3v) is 6.25. The molecular weight excluding hydrogens is 416 g/mol. The fourth-order valence-electron chi connectivity index (χ4n) is 3.82. The van der Waals surface area contributed by atoms with Gasteiger partial charge in [-0.25, -0.2) is 0 Å². The van der Waals surface area contributed by atoms with E-state index in [1.807, 2.05) is 12.1 Å². The molecule has 31 heavy (non-hydrogen) atoms. The molecule has 1 aromatic heterocycles. The number of nitrogens with zero attached hydrogens (tertiary/aromatic N) is 3. The summed E-state index contributed by atoms with van der Waals surface area (Å²) in [6.07, 6.45) is 7.36. The van der Waals surface area contributed by atoms with Gasteiger partial charge in [0.05, 0.1) is 27.1 Å². The highest BCUT2D eigenvalue weighted by atomic mass is 32.2. The largest absolute Gasteiger partial charge is 0.493 e. The summed E-state index contributed by atoms with van der Waals surface area (Å²) in [6.45, 7) is 4.08. The number of benzene rings is 1. The van der Waals surface area contributed by atoms with E-state index < -0.39 is 0 Å². The van der Waals surface area contributed by atoms with Gasteiger partial charge in [0.1, 0.15) is 0 Å². The van der Waals surface area contributed by atoms with Crippen LogP contribution in [0.2, 0.25) is 0 Å². The smallest absolute Gasteiger partial charge is 0.230 e. The van der Waals surface area contributed by atoms with Crippen LogP contribution in [-0.2, 0) is 4.79 Å². The first-order valence-corrected chi connectivity index (χ1v) is 11.4. The molecule has 1 saturated carbocycles. The number of thioether (sulfide) groups is 1. The van der Waals surface area contributed by atoms with Gasteiger partial charge in [0.15, 0.2) is 22.5 Å². The first kappa shape index (κ1) is 23.0. The fourth-order valence-corrected chi connectivity index (χ4v) is 4.65. The van der Waals surface area contributed by atoms with Gasteiger partial charge in [-0.1, -0.05) is 37.1 Å². The maximum Gasteiger partial charge on any atom is 0.230 e. The fraction of sp³-hybridized carbons (Fsp3) is 0.500. The number of aromatic nitrogens is 3. The van der Waals surface area contributed by atoms with Crippen LogP contribution in [-0.4, -0.2) is 54.3 Å². The Balaban J connectivity index is 1.99. The summed E-state index contributed by atoms with van der Waals surface area (Å²) in [5, 5.41) is 12.5. The van der Waals surface area contributed by atoms with E-state index in [1.54, 1.807) is 27.4 Å². The molecule has 2 aromatic rings. The van der Waals surface area contributed by atoms with Crippen LogP contribution in [0.3, 0.4) is 0 Å². The molecule has 1 aliphatic carbocycles. The van der Waals surface area contributed by atoms with Crippen LogP contribution in [0.1, 0.15) is 38.1 Å². The SMILES string of the molecule is C=CCNC(=O)CSc1nnc(-c2cc(OC)c(OC)c(OC)c2)n1C1CCCCC1. The average Bonchev–Trinajstić information content (AvgIpc) is 3.24. The second-order valence-electron chi connectivity index (χ2n) is 7.26. The minimum absolute atomic E-state index is 0.0579. The highest BCUT2D eigenvalue weighted by molar-refractivity contribution is 7.99. The molecule has 0 radical (unpaired) electrons. The van der Waals surface area contributed by atoms with Crippen LogP contribution in [0.25, 0.3) is 11.4 Å². The van der Waals surface area contributed by atoms with E-state index in [0.29, 0.717) is 23.8 Å². The van der Waals surface area contributed by atoms with Crippen LogP contribution in [0, 0.1) is 0 Å². The van der Waals surface area contributed by atoms with Gasteiger partial charge in [0, 0.05) is 18.2 Å². The van der Waals surface area contributed by atoms with Gasteiger partial charge in [0.2, 0.25) is 11.7 Å². The van der Waals surface area contributed by atoms with E-state index in [-0.39, 0.29) is 17.7 Å². The molecule has 0 aliphatic heterocycles. The Morgan fingerprint density at radius 2 is 1.84 bits per heavy atom. The van der Waals surface area contributed by atoms with Crippen molar-refractivity contribution in [2.75, 3.05) is 33.6 Å². The minimum atomic E-state index is -0.0579. The zero-order valence-corrected chi connectivity index (χ0v) is 19.2. The maximum atomic E-state index is 12.1. The number of nitrogens with one attached hydrogen (secondary N) is 1. The van der Waals surface area contributed by atoms with Crippen molar-refractivity contribution >= 4 is 17.7 Å². The number of carbonyl (C=O) groups is 1. The molecule has 1 aliphatic rings. The van der Waals surface area contributed by atoms with Gasteiger partial charge >= 0.3 is 0 Å². The zero-order valence-electron chi connectivity index (χ0n) is 18.3. The molecule has 168 valence electrons. The Morgan fingerprint density at radius 3 is 2.42 bits per heavy atom. The molecular formula is C22H30N4O4S. The third kappa shape index (κ3) is 5.33. The van der Waals surface area contributed by atoms with Crippen molar-refractivity contribution in [3.8, 4) is 28.6 Å². The van der Waals surface area contributed by atoms with Crippen molar-refractivity contribution in [1.82, 2.24) is 20.1 Å².